The second-order valence-electron chi connectivity index (χ2n) is 4.45. The average Bonchev–Trinajstić information content (AvgIpc) is 2.99. The molecule has 19 heavy (non-hydrogen) atoms. The van der Waals surface area contributed by atoms with Crippen molar-refractivity contribution in [2.75, 3.05) is 6.54 Å². The zero-order chi connectivity index (χ0) is 13.9. The van der Waals surface area contributed by atoms with Gasteiger partial charge in [0.2, 0.25) is 15.9 Å². The van der Waals surface area contributed by atoms with Crippen LogP contribution in [0.4, 0.5) is 0 Å². The van der Waals surface area contributed by atoms with Crippen LogP contribution in [0.2, 0.25) is 0 Å². The summed E-state index contributed by atoms with van der Waals surface area (Å²) in [6.45, 7) is 0.514. The van der Waals surface area contributed by atoms with E-state index < -0.39 is 10.0 Å². The molecule has 5 nitrogen and oxygen atoms in total. The normalized spacial score (nSPS) is 15.8. The van der Waals surface area contributed by atoms with Gasteiger partial charge in [-0.2, -0.15) is 0 Å². The Balaban J connectivity index is 1.79. The smallest absolute Gasteiger partial charge is 0.247 e. The van der Waals surface area contributed by atoms with Crippen molar-refractivity contribution < 1.29 is 13.2 Å². The number of hydrogen-bond donors (Lipinski definition) is 2. The molecule has 1 aromatic heterocycles. The van der Waals surface area contributed by atoms with Gasteiger partial charge < -0.3 is 5.32 Å². The standard InChI is InChI=1S/C12H16N2O3S2/c13-19(16,17)11-6-5-10(18-11)7-8-14-12(15)9-3-1-2-4-9/h1-2,5-6,9H,3-4,7-8H2,(H,14,15)(H2,13,16,17). The molecule has 1 heterocycles. The van der Waals surface area contributed by atoms with Crippen molar-refractivity contribution in [2.45, 2.75) is 23.5 Å². The number of nitrogens with two attached hydrogens (primary N) is 1. The second kappa shape index (κ2) is 5.85. The van der Waals surface area contributed by atoms with Crippen LogP contribution in [0.3, 0.4) is 0 Å². The van der Waals surface area contributed by atoms with E-state index in [1.165, 1.54) is 6.07 Å². The Morgan fingerprint density at radius 2 is 2.05 bits per heavy atom. The summed E-state index contributed by atoms with van der Waals surface area (Å²) in [4.78, 5) is 12.6. The lowest BCUT2D eigenvalue weighted by atomic mass is 10.1. The fraction of sp³-hybridized carbons (Fsp3) is 0.417. The molecule has 0 bridgehead atoms. The molecule has 0 atom stereocenters. The summed E-state index contributed by atoms with van der Waals surface area (Å²) in [7, 11) is -3.61. The highest BCUT2D eigenvalue weighted by Crippen LogP contribution is 2.21. The Labute approximate surface area is 116 Å². The number of thiophene rings is 1. The van der Waals surface area contributed by atoms with E-state index in [4.69, 9.17) is 5.14 Å². The number of amides is 1. The van der Waals surface area contributed by atoms with Crippen LogP contribution in [0, 0.1) is 5.92 Å². The summed E-state index contributed by atoms with van der Waals surface area (Å²) in [5, 5.41) is 7.90. The fourth-order valence-corrected chi connectivity index (χ4v) is 3.71. The Morgan fingerprint density at radius 3 is 2.63 bits per heavy atom. The van der Waals surface area contributed by atoms with Crippen molar-refractivity contribution in [3.8, 4) is 0 Å². The van der Waals surface area contributed by atoms with Gasteiger partial charge >= 0.3 is 0 Å². The predicted molar refractivity (Wildman–Crippen MR) is 74.3 cm³/mol. The quantitative estimate of drug-likeness (QED) is 0.796. The van der Waals surface area contributed by atoms with Gasteiger partial charge in [0.1, 0.15) is 4.21 Å². The molecular formula is C12H16N2O3S2. The van der Waals surface area contributed by atoms with Crippen LogP contribution in [0.25, 0.3) is 0 Å². The molecule has 0 aliphatic heterocycles. The minimum atomic E-state index is -3.61. The maximum Gasteiger partial charge on any atom is 0.247 e. The number of allylic oxidation sites excluding steroid dienone is 2. The minimum absolute atomic E-state index is 0.0586. The Kier molecular flexibility index (Phi) is 4.38. The van der Waals surface area contributed by atoms with Gasteiger partial charge in [0.05, 0.1) is 0 Å². The molecule has 7 heteroatoms. The fourth-order valence-electron chi connectivity index (χ4n) is 1.93. The molecular weight excluding hydrogens is 284 g/mol. The molecule has 0 saturated carbocycles. The van der Waals surface area contributed by atoms with Gasteiger partial charge in [0, 0.05) is 17.3 Å². The van der Waals surface area contributed by atoms with E-state index in [0.717, 1.165) is 29.1 Å². The first-order valence-corrected chi connectivity index (χ1v) is 8.37. The number of hydrogen-bond acceptors (Lipinski definition) is 4. The van der Waals surface area contributed by atoms with Crippen molar-refractivity contribution in [2.24, 2.45) is 11.1 Å². The van der Waals surface area contributed by atoms with Crippen molar-refractivity contribution in [1.82, 2.24) is 5.32 Å². The van der Waals surface area contributed by atoms with E-state index >= 15 is 0 Å². The molecule has 0 aromatic carbocycles. The lowest BCUT2D eigenvalue weighted by Gasteiger charge is -2.09. The first-order valence-electron chi connectivity index (χ1n) is 6.01. The van der Waals surface area contributed by atoms with Crippen LogP contribution in [0.15, 0.2) is 28.5 Å². The second-order valence-corrected chi connectivity index (χ2v) is 7.40. The number of nitrogens with one attached hydrogen (secondary N) is 1. The van der Waals surface area contributed by atoms with E-state index in [2.05, 4.69) is 5.32 Å². The number of sulfonamides is 1. The molecule has 1 aliphatic carbocycles. The summed E-state index contributed by atoms with van der Waals surface area (Å²) in [5.41, 5.74) is 0. The number of carbonyl (C=O) groups is 1. The van der Waals surface area contributed by atoms with Crippen LogP contribution >= 0.6 is 11.3 Å². The molecule has 2 rings (SSSR count). The summed E-state index contributed by atoms with van der Waals surface area (Å²) >= 11 is 1.15. The maximum absolute atomic E-state index is 11.7. The van der Waals surface area contributed by atoms with E-state index in [9.17, 15) is 13.2 Å². The van der Waals surface area contributed by atoms with Gasteiger partial charge in [-0.3, -0.25) is 4.79 Å². The summed E-state index contributed by atoms with van der Waals surface area (Å²) in [6, 6.07) is 3.23. The Morgan fingerprint density at radius 1 is 1.37 bits per heavy atom. The summed E-state index contributed by atoms with van der Waals surface area (Å²) in [6.07, 6.45) is 6.26. The molecule has 3 N–H and O–H groups in total. The molecule has 0 saturated heterocycles. The van der Waals surface area contributed by atoms with E-state index in [-0.39, 0.29) is 16.0 Å². The average molecular weight is 300 g/mol. The summed E-state index contributed by atoms with van der Waals surface area (Å²) < 4.78 is 22.4. The topological polar surface area (TPSA) is 89.3 Å². The third-order valence-corrected chi connectivity index (χ3v) is 5.55. The zero-order valence-electron chi connectivity index (χ0n) is 10.3. The molecule has 1 amide bonds. The predicted octanol–water partition coefficient (Wildman–Crippen LogP) is 1.02. The lowest BCUT2D eigenvalue weighted by molar-refractivity contribution is -0.124. The van der Waals surface area contributed by atoms with Crippen LogP contribution in [0.1, 0.15) is 17.7 Å². The molecule has 0 fully saturated rings. The Bertz CT molecular complexity index is 582. The van der Waals surface area contributed by atoms with E-state index in [1.54, 1.807) is 6.07 Å². The number of rotatable bonds is 5. The molecule has 1 aliphatic rings. The van der Waals surface area contributed by atoms with Gasteiger partial charge in [-0.1, -0.05) is 12.2 Å². The van der Waals surface area contributed by atoms with Crippen LogP contribution in [-0.2, 0) is 21.2 Å². The van der Waals surface area contributed by atoms with Crippen molar-refractivity contribution >= 4 is 27.3 Å². The largest absolute Gasteiger partial charge is 0.355 e. The first-order chi connectivity index (χ1) is 8.97. The number of carbonyl (C=O) groups excluding carboxylic acids is 1. The third-order valence-electron chi connectivity index (χ3n) is 2.97. The van der Waals surface area contributed by atoms with E-state index in [0.29, 0.717) is 13.0 Å². The monoisotopic (exact) mass is 300 g/mol. The van der Waals surface area contributed by atoms with Gasteiger partial charge in [0.25, 0.3) is 0 Å². The minimum Gasteiger partial charge on any atom is -0.355 e. The van der Waals surface area contributed by atoms with Gasteiger partial charge in [-0.25, -0.2) is 13.6 Å². The third kappa shape index (κ3) is 3.89. The van der Waals surface area contributed by atoms with Crippen LogP contribution in [-0.4, -0.2) is 20.9 Å². The molecule has 0 radical (unpaired) electrons. The van der Waals surface area contributed by atoms with Gasteiger partial charge in [-0.15, -0.1) is 11.3 Å². The SMILES string of the molecule is NS(=O)(=O)c1ccc(CCNC(=O)C2CC=CC2)s1. The molecule has 104 valence electrons. The van der Waals surface area contributed by atoms with Gasteiger partial charge in [-0.05, 0) is 31.4 Å². The van der Waals surface area contributed by atoms with Crippen molar-refractivity contribution in [1.29, 1.82) is 0 Å². The summed E-state index contributed by atoms with van der Waals surface area (Å²) in [5.74, 6) is 0.122. The van der Waals surface area contributed by atoms with Crippen molar-refractivity contribution in [3.05, 3.63) is 29.2 Å². The van der Waals surface area contributed by atoms with E-state index in [1.807, 2.05) is 12.2 Å². The van der Waals surface area contributed by atoms with Gasteiger partial charge in [0.15, 0.2) is 0 Å². The highest BCUT2D eigenvalue weighted by molar-refractivity contribution is 7.91. The molecule has 1 aromatic rings. The zero-order valence-corrected chi connectivity index (χ0v) is 12.0. The molecule has 0 unspecified atom stereocenters. The van der Waals surface area contributed by atoms with Crippen LogP contribution < -0.4 is 10.5 Å². The Hall–Kier alpha value is -1.18. The number of primary sulfonamides is 1. The maximum atomic E-state index is 11.7. The lowest BCUT2D eigenvalue weighted by Crippen LogP contribution is -2.30. The highest BCUT2D eigenvalue weighted by atomic mass is 32.2. The van der Waals surface area contributed by atoms with Crippen molar-refractivity contribution in [3.63, 3.8) is 0 Å². The van der Waals surface area contributed by atoms with Crippen LogP contribution in [0.5, 0.6) is 0 Å². The molecule has 0 spiro atoms. The highest BCUT2D eigenvalue weighted by Gasteiger charge is 2.18. The first kappa shape index (κ1) is 14.2.